The predicted molar refractivity (Wildman–Crippen MR) is 203 cm³/mol. The number of imidazole rings is 1. The number of amides is 4. The number of hydrogen-bond donors (Lipinski definition) is 3. The highest BCUT2D eigenvalue weighted by atomic mass is 16.5. The van der Waals surface area contributed by atoms with E-state index < -0.39 is 18.2 Å². The van der Waals surface area contributed by atoms with Crippen molar-refractivity contribution in [2.24, 2.45) is 0 Å². The molecule has 11 heteroatoms. The van der Waals surface area contributed by atoms with E-state index in [2.05, 4.69) is 20.6 Å². The van der Waals surface area contributed by atoms with Crippen LogP contribution < -0.4 is 10.6 Å². The SMILES string of the molecule is CO[C@H](C(=O)N1CCC[C@H]1C(=O)Nc1ccc(-c2[nH]cnc2-c2ccc(NC(=O)[C@@H]3CCCN3C(=O)Cc3ccccc3)cc2)cc1)c1ccccc1. The Labute approximate surface area is 308 Å². The second-order valence-electron chi connectivity index (χ2n) is 13.4. The molecule has 0 saturated carbocycles. The largest absolute Gasteiger partial charge is 0.367 e. The Morgan fingerprint density at radius 1 is 0.736 bits per heavy atom. The predicted octanol–water partition coefficient (Wildman–Crippen LogP) is 6.23. The number of aromatic nitrogens is 2. The number of anilines is 2. The Morgan fingerprint density at radius 3 is 1.89 bits per heavy atom. The molecule has 0 radical (unpaired) electrons. The van der Waals surface area contributed by atoms with Crippen molar-refractivity contribution in [3.05, 3.63) is 127 Å². The fraction of sp³-hybridized carbons (Fsp3) is 0.262. The Hall–Kier alpha value is -6.07. The quantitative estimate of drug-likeness (QED) is 0.149. The maximum absolute atomic E-state index is 13.5. The summed E-state index contributed by atoms with van der Waals surface area (Å²) in [6.07, 6.45) is 3.87. The van der Waals surface area contributed by atoms with Crippen LogP contribution in [0.25, 0.3) is 22.5 Å². The molecule has 4 aromatic carbocycles. The highest BCUT2D eigenvalue weighted by Gasteiger charge is 2.38. The summed E-state index contributed by atoms with van der Waals surface area (Å²) in [6, 6.07) is 32.7. The molecule has 0 bridgehead atoms. The van der Waals surface area contributed by atoms with E-state index in [4.69, 9.17) is 4.74 Å². The summed E-state index contributed by atoms with van der Waals surface area (Å²) in [5.74, 6) is -0.693. The van der Waals surface area contributed by atoms with Crippen LogP contribution in [0.15, 0.2) is 116 Å². The smallest absolute Gasteiger partial charge is 0.257 e. The van der Waals surface area contributed by atoms with Crippen molar-refractivity contribution >= 4 is 35.0 Å². The second-order valence-corrected chi connectivity index (χ2v) is 13.4. The van der Waals surface area contributed by atoms with Gasteiger partial charge < -0.3 is 30.2 Å². The van der Waals surface area contributed by atoms with Gasteiger partial charge in [-0.15, -0.1) is 0 Å². The van der Waals surface area contributed by atoms with Crippen LogP contribution in [0, 0.1) is 0 Å². The summed E-state index contributed by atoms with van der Waals surface area (Å²) >= 11 is 0. The van der Waals surface area contributed by atoms with Gasteiger partial charge in [0, 0.05) is 42.7 Å². The molecule has 5 aromatic rings. The molecule has 4 amide bonds. The molecule has 2 saturated heterocycles. The lowest BCUT2D eigenvalue weighted by Gasteiger charge is -2.27. The second kappa shape index (κ2) is 16.1. The molecule has 270 valence electrons. The minimum absolute atomic E-state index is 0.0437. The lowest BCUT2D eigenvalue weighted by molar-refractivity contribution is -0.146. The van der Waals surface area contributed by atoms with E-state index in [1.807, 2.05) is 109 Å². The van der Waals surface area contributed by atoms with E-state index in [0.29, 0.717) is 37.3 Å². The first-order chi connectivity index (χ1) is 25.9. The number of carbonyl (C=O) groups is 4. The van der Waals surface area contributed by atoms with E-state index in [1.54, 1.807) is 16.1 Å². The lowest BCUT2D eigenvalue weighted by atomic mass is 10.0. The fourth-order valence-corrected chi connectivity index (χ4v) is 7.29. The third-order valence-electron chi connectivity index (χ3n) is 9.98. The summed E-state index contributed by atoms with van der Waals surface area (Å²) in [6.45, 7) is 1.07. The average Bonchev–Trinajstić information content (AvgIpc) is 3.99. The number of rotatable bonds is 11. The summed E-state index contributed by atoms with van der Waals surface area (Å²) in [5.41, 5.74) is 6.21. The summed E-state index contributed by atoms with van der Waals surface area (Å²) in [7, 11) is 1.51. The van der Waals surface area contributed by atoms with Gasteiger partial charge in [-0.1, -0.05) is 84.9 Å². The topological polar surface area (TPSA) is 137 Å². The van der Waals surface area contributed by atoms with Crippen LogP contribution in [-0.4, -0.2) is 75.7 Å². The van der Waals surface area contributed by atoms with Gasteiger partial charge in [-0.05, 0) is 61.1 Å². The molecule has 0 spiro atoms. The van der Waals surface area contributed by atoms with Crippen molar-refractivity contribution in [1.29, 1.82) is 0 Å². The zero-order chi connectivity index (χ0) is 36.7. The maximum atomic E-state index is 13.5. The van der Waals surface area contributed by atoms with Gasteiger partial charge in [0.25, 0.3) is 5.91 Å². The number of benzene rings is 4. The lowest BCUT2D eigenvalue weighted by Crippen LogP contribution is -2.45. The number of nitrogens with one attached hydrogen (secondary N) is 3. The van der Waals surface area contributed by atoms with Crippen LogP contribution in [0.4, 0.5) is 11.4 Å². The van der Waals surface area contributed by atoms with Crippen molar-refractivity contribution in [2.75, 3.05) is 30.8 Å². The normalized spacial score (nSPS) is 17.4. The van der Waals surface area contributed by atoms with Gasteiger partial charge in [0.1, 0.15) is 12.1 Å². The first-order valence-electron chi connectivity index (χ1n) is 18.0. The number of methoxy groups -OCH3 is 1. The minimum atomic E-state index is -0.771. The highest BCUT2D eigenvalue weighted by Crippen LogP contribution is 2.32. The molecule has 0 aliphatic carbocycles. The number of hydrogen-bond acceptors (Lipinski definition) is 6. The van der Waals surface area contributed by atoms with Gasteiger partial charge in [0.05, 0.1) is 24.1 Å². The van der Waals surface area contributed by atoms with Crippen LogP contribution in [0.1, 0.15) is 42.9 Å². The number of carbonyl (C=O) groups excluding carboxylic acids is 4. The van der Waals surface area contributed by atoms with Gasteiger partial charge in [0.2, 0.25) is 17.7 Å². The first kappa shape index (κ1) is 35.3. The van der Waals surface area contributed by atoms with Gasteiger partial charge in [-0.2, -0.15) is 0 Å². The summed E-state index contributed by atoms with van der Waals surface area (Å²) in [5, 5.41) is 5.98. The molecule has 2 fully saturated rings. The van der Waals surface area contributed by atoms with Crippen LogP contribution in [-0.2, 0) is 30.3 Å². The van der Waals surface area contributed by atoms with Crippen molar-refractivity contribution in [1.82, 2.24) is 19.8 Å². The first-order valence-corrected chi connectivity index (χ1v) is 18.0. The maximum Gasteiger partial charge on any atom is 0.257 e. The summed E-state index contributed by atoms with van der Waals surface area (Å²) in [4.78, 5) is 64.3. The van der Waals surface area contributed by atoms with Gasteiger partial charge in [-0.3, -0.25) is 19.2 Å². The molecule has 3 atom stereocenters. The van der Waals surface area contributed by atoms with Crippen LogP contribution >= 0.6 is 0 Å². The van der Waals surface area contributed by atoms with E-state index in [1.165, 1.54) is 7.11 Å². The Balaban J connectivity index is 0.967. The fourth-order valence-electron chi connectivity index (χ4n) is 7.29. The highest BCUT2D eigenvalue weighted by molar-refractivity contribution is 5.99. The average molecular weight is 711 g/mol. The van der Waals surface area contributed by atoms with Crippen molar-refractivity contribution in [3.8, 4) is 22.5 Å². The summed E-state index contributed by atoms with van der Waals surface area (Å²) < 4.78 is 5.55. The molecule has 11 nitrogen and oxygen atoms in total. The van der Waals surface area contributed by atoms with Crippen molar-refractivity contribution in [3.63, 3.8) is 0 Å². The number of nitrogens with zero attached hydrogens (tertiary/aromatic N) is 3. The van der Waals surface area contributed by atoms with Gasteiger partial charge in [0.15, 0.2) is 6.10 Å². The Morgan fingerprint density at radius 2 is 1.28 bits per heavy atom. The molecule has 3 N–H and O–H groups in total. The molecule has 3 heterocycles. The van der Waals surface area contributed by atoms with E-state index in [0.717, 1.165) is 46.5 Å². The standard InChI is InChI=1S/C42H42N6O5/c1-53-39(31-12-6-3-7-13-31)42(52)48-25-9-15-35(48)41(51)46-33-22-18-30(19-23-33)38-37(43-27-44-38)29-16-20-32(21-17-29)45-40(50)34-14-8-24-47(34)36(49)26-28-10-4-2-5-11-28/h2-7,10-13,16-23,27,34-35,39H,8-9,14-15,24-26H2,1H3,(H,43,44)(H,45,50)(H,46,51)/t34-,35-,39-/m0/s1. The Bertz CT molecular complexity index is 2050. The van der Waals surface area contributed by atoms with Gasteiger partial charge >= 0.3 is 0 Å². The van der Waals surface area contributed by atoms with Crippen molar-refractivity contribution < 1.29 is 23.9 Å². The number of H-pyrrole nitrogens is 1. The number of ether oxygens (including phenoxy) is 1. The zero-order valence-corrected chi connectivity index (χ0v) is 29.5. The number of likely N-dealkylation sites (tertiary alicyclic amines) is 2. The molecule has 0 unspecified atom stereocenters. The molecular formula is C42H42N6O5. The van der Waals surface area contributed by atoms with Crippen LogP contribution in [0.5, 0.6) is 0 Å². The van der Waals surface area contributed by atoms with E-state index >= 15 is 0 Å². The molecule has 7 rings (SSSR count). The van der Waals surface area contributed by atoms with Gasteiger partial charge in [-0.25, -0.2) is 4.98 Å². The van der Waals surface area contributed by atoms with E-state index in [-0.39, 0.29) is 30.0 Å². The third-order valence-corrected chi connectivity index (χ3v) is 9.98. The number of aromatic amines is 1. The van der Waals surface area contributed by atoms with Crippen LogP contribution in [0.3, 0.4) is 0 Å². The van der Waals surface area contributed by atoms with Crippen molar-refractivity contribution in [2.45, 2.75) is 50.3 Å². The molecule has 1 aromatic heterocycles. The molecule has 53 heavy (non-hydrogen) atoms. The molecule has 2 aliphatic rings. The monoisotopic (exact) mass is 710 g/mol. The third kappa shape index (κ3) is 7.90. The minimum Gasteiger partial charge on any atom is -0.367 e. The van der Waals surface area contributed by atoms with E-state index in [9.17, 15) is 19.2 Å². The van der Waals surface area contributed by atoms with Crippen LogP contribution in [0.2, 0.25) is 0 Å². The molecule has 2 aliphatic heterocycles. The zero-order valence-electron chi connectivity index (χ0n) is 29.5. The molecular weight excluding hydrogens is 668 g/mol. The Kier molecular flexibility index (Phi) is 10.7.